The highest BCUT2D eigenvalue weighted by molar-refractivity contribution is 6.05. The first-order valence-electron chi connectivity index (χ1n) is 6.72. The van der Waals surface area contributed by atoms with E-state index in [0.717, 1.165) is 0 Å². The van der Waals surface area contributed by atoms with Gasteiger partial charge in [-0.05, 0) is 29.8 Å². The molecule has 0 saturated carbocycles. The van der Waals surface area contributed by atoms with Crippen LogP contribution in [0.2, 0.25) is 0 Å². The maximum absolute atomic E-state index is 12.8. The van der Waals surface area contributed by atoms with E-state index in [9.17, 15) is 9.18 Å². The van der Waals surface area contributed by atoms with E-state index in [-0.39, 0.29) is 12.5 Å². The van der Waals surface area contributed by atoms with E-state index in [1.807, 2.05) is 0 Å². The summed E-state index contributed by atoms with van der Waals surface area (Å²) in [5, 5.41) is 0. The zero-order chi connectivity index (χ0) is 15.7. The van der Waals surface area contributed by atoms with Gasteiger partial charge in [0.25, 0.3) is 5.91 Å². The van der Waals surface area contributed by atoms with Gasteiger partial charge in [-0.25, -0.2) is 4.39 Å². The van der Waals surface area contributed by atoms with Gasteiger partial charge in [0.2, 0.25) is 0 Å². The number of carbonyl (C=O) groups excluding carboxylic acids is 1. The molecule has 5 nitrogen and oxygen atoms in total. The fraction of sp³-hybridized carbons (Fsp3) is 0.188. The molecule has 1 heterocycles. The van der Waals surface area contributed by atoms with Crippen molar-refractivity contribution in [3.63, 3.8) is 0 Å². The Labute approximate surface area is 127 Å². The van der Waals surface area contributed by atoms with Gasteiger partial charge in [0.05, 0.1) is 18.5 Å². The summed E-state index contributed by atoms with van der Waals surface area (Å²) in [6, 6.07) is 9.93. The monoisotopic (exact) mass is 302 g/mol. The van der Waals surface area contributed by atoms with Crippen molar-refractivity contribution >= 4 is 23.0 Å². The minimum atomic E-state index is -0.596. The number of amides is 1. The van der Waals surface area contributed by atoms with E-state index in [2.05, 4.69) is 0 Å². The number of alkyl halides is 1. The summed E-state index contributed by atoms with van der Waals surface area (Å²) in [4.78, 5) is 13.8. The van der Waals surface area contributed by atoms with Crippen molar-refractivity contribution in [1.29, 1.82) is 0 Å². The molecule has 2 aromatic rings. The molecule has 114 valence electrons. The van der Waals surface area contributed by atoms with Crippen LogP contribution in [0.25, 0.3) is 0 Å². The highest BCUT2D eigenvalue weighted by Crippen LogP contribution is 2.42. The molecule has 0 aliphatic carbocycles. The van der Waals surface area contributed by atoms with Crippen LogP contribution < -0.4 is 20.1 Å². The molecule has 22 heavy (non-hydrogen) atoms. The summed E-state index contributed by atoms with van der Waals surface area (Å²) in [7, 11) is 1.48. The summed E-state index contributed by atoms with van der Waals surface area (Å²) in [5.74, 6) is 0.716. The van der Waals surface area contributed by atoms with E-state index in [0.29, 0.717) is 34.1 Å². The average Bonchev–Trinajstić information content (AvgIpc) is 2.54. The molecule has 1 aliphatic rings. The molecule has 0 saturated heterocycles. The van der Waals surface area contributed by atoms with Crippen LogP contribution in [0.5, 0.6) is 11.5 Å². The fourth-order valence-corrected chi connectivity index (χ4v) is 2.42. The molecule has 2 N–H and O–H groups in total. The first kappa shape index (κ1) is 14.2. The third-order valence-electron chi connectivity index (χ3n) is 3.46. The highest BCUT2D eigenvalue weighted by atomic mass is 19.1. The topological polar surface area (TPSA) is 64.8 Å². The third kappa shape index (κ3) is 2.32. The number of nitrogens with zero attached hydrogens (tertiary/aromatic N) is 1. The Balaban J connectivity index is 2.14. The standard InChI is InChI=1S/C16H15FN2O3/c1-21-14-6-10(8-17)2-4-12(14)19-13-5-3-11(18)7-15(13)22-9-16(19)20/h2-7H,8-9,18H2,1H3. The van der Waals surface area contributed by atoms with Gasteiger partial charge in [-0.3, -0.25) is 9.69 Å². The van der Waals surface area contributed by atoms with E-state index >= 15 is 0 Å². The molecule has 1 amide bonds. The smallest absolute Gasteiger partial charge is 0.269 e. The van der Waals surface area contributed by atoms with Crippen LogP contribution in [-0.2, 0) is 11.5 Å². The lowest BCUT2D eigenvalue weighted by Gasteiger charge is -2.30. The lowest BCUT2D eigenvalue weighted by molar-refractivity contribution is -0.120. The van der Waals surface area contributed by atoms with Crippen LogP contribution in [0.3, 0.4) is 0 Å². The zero-order valence-corrected chi connectivity index (χ0v) is 12.0. The second-order valence-corrected chi connectivity index (χ2v) is 4.88. The number of hydrogen-bond acceptors (Lipinski definition) is 4. The van der Waals surface area contributed by atoms with Crippen molar-refractivity contribution in [1.82, 2.24) is 0 Å². The Bertz CT molecular complexity index is 733. The fourth-order valence-electron chi connectivity index (χ4n) is 2.42. The minimum Gasteiger partial charge on any atom is -0.495 e. The number of nitrogens with two attached hydrogens (primary N) is 1. The Morgan fingerprint density at radius 3 is 2.77 bits per heavy atom. The van der Waals surface area contributed by atoms with Gasteiger partial charge >= 0.3 is 0 Å². The quantitative estimate of drug-likeness (QED) is 0.885. The van der Waals surface area contributed by atoms with Crippen LogP contribution in [0.4, 0.5) is 21.5 Å². The third-order valence-corrected chi connectivity index (χ3v) is 3.46. The molecule has 0 unspecified atom stereocenters. The average molecular weight is 302 g/mol. The number of fused-ring (bicyclic) bond motifs is 1. The largest absolute Gasteiger partial charge is 0.495 e. The normalized spacial score (nSPS) is 13.5. The lowest BCUT2D eigenvalue weighted by atomic mass is 10.1. The molecule has 0 spiro atoms. The zero-order valence-electron chi connectivity index (χ0n) is 12.0. The molecule has 0 aromatic heterocycles. The SMILES string of the molecule is COc1cc(CF)ccc1N1C(=O)COc2cc(N)ccc21. The number of ether oxygens (including phenoxy) is 2. The van der Waals surface area contributed by atoms with Gasteiger partial charge < -0.3 is 15.2 Å². The molecular formula is C16H15FN2O3. The molecule has 0 bridgehead atoms. The predicted molar refractivity (Wildman–Crippen MR) is 81.3 cm³/mol. The van der Waals surface area contributed by atoms with Crippen LogP contribution in [0, 0.1) is 0 Å². The number of hydrogen-bond donors (Lipinski definition) is 1. The Kier molecular flexibility index (Phi) is 3.58. The molecule has 3 rings (SSSR count). The first-order valence-corrected chi connectivity index (χ1v) is 6.72. The van der Waals surface area contributed by atoms with Crippen molar-refractivity contribution in [2.24, 2.45) is 0 Å². The van der Waals surface area contributed by atoms with Crippen molar-refractivity contribution in [3.05, 3.63) is 42.0 Å². The van der Waals surface area contributed by atoms with Crippen LogP contribution in [0.1, 0.15) is 5.56 Å². The summed E-state index contributed by atoms with van der Waals surface area (Å²) < 4.78 is 23.5. The molecule has 0 radical (unpaired) electrons. The number of benzene rings is 2. The van der Waals surface area contributed by atoms with Crippen LogP contribution >= 0.6 is 0 Å². The number of methoxy groups -OCH3 is 1. The highest BCUT2D eigenvalue weighted by Gasteiger charge is 2.29. The summed E-state index contributed by atoms with van der Waals surface area (Å²) >= 11 is 0. The van der Waals surface area contributed by atoms with E-state index in [1.54, 1.807) is 36.4 Å². The van der Waals surface area contributed by atoms with E-state index < -0.39 is 6.67 Å². The Morgan fingerprint density at radius 1 is 1.27 bits per heavy atom. The van der Waals surface area contributed by atoms with Gasteiger partial charge in [-0.15, -0.1) is 0 Å². The molecule has 1 aliphatic heterocycles. The van der Waals surface area contributed by atoms with Crippen LogP contribution in [0.15, 0.2) is 36.4 Å². The minimum absolute atomic E-state index is 0.0928. The summed E-state index contributed by atoms with van der Waals surface area (Å²) in [6.45, 7) is -0.689. The number of carbonyl (C=O) groups is 1. The van der Waals surface area contributed by atoms with Crippen molar-refractivity contribution < 1.29 is 18.7 Å². The van der Waals surface area contributed by atoms with Crippen molar-refractivity contribution in [2.75, 3.05) is 24.4 Å². The maximum atomic E-state index is 12.8. The Hall–Kier alpha value is -2.76. The second kappa shape index (κ2) is 5.55. The van der Waals surface area contributed by atoms with Crippen molar-refractivity contribution in [2.45, 2.75) is 6.67 Å². The first-order chi connectivity index (χ1) is 10.6. The molecule has 0 atom stereocenters. The van der Waals surface area contributed by atoms with Gasteiger partial charge in [-0.1, -0.05) is 6.07 Å². The Morgan fingerprint density at radius 2 is 2.05 bits per heavy atom. The number of halogens is 1. The molecule has 0 fully saturated rings. The summed E-state index contributed by atoms with van der Waals surface area (Å²) in [6.07, 6.45) is 0. The van der Waals surface area contributed by atoms with Gasteiger partial charge in [0.15, 0.2) is 6.61 Å². The predicted octanol–water partition coefficient (Wildman–Crippen LogP) is 2.80. The molecule has 2 aromatic carbocycles. The second-order valence-electron chi connectivity index (χ2n) is 4.88. The number of rotatable bonds is 3. The number of nitrogen functional groups attached to an aromatic ring is 1. The lowest BCUT2D eigenvalue weighted by Crippen LogP contribution is -2.35. The van der Waals surface area contributed by atoms with Gasteiger partial charge in [-0.2, -0.15) is 0 Å². The van der Waals surface area contributed by atoms with E-state index in [4.69, 9.17) is 15.2 Å². The van der Waals surface area contributed by atoms with Crippen LogP contribution in [-0.4, -0.2) is 19.6 Å². The number of anilines is 3. The van der Waals surface area contributed by atoms with Gasteiger partial charge in [0, 0.05) is 11.8 Å². The molecule has 6 heteroatoms. The summed E-state index contributed by atoms with van der Waals surface area (Å²) in [5.41, 5.74) is 7.90. The maximum Gasteiger partial charge on any atom is 0.269 e. The van der Waals surface area contributed by atoms with Crippen molar-refractivity contribution in [3.8, 4) is 11.5 Å². The van der Waals surface area contributed by atoms with E-state index in [1.165, 1.54) is 12.0 Å². The molecular weight excluding hydrogens is 287 g/mol. The van der Waals surface area contributed by atoms with Gasteiger partial charge in [0.1, 0.15) is 18.2 Å².